The second-order valence-electron chi connectivity index (χ2n) is 15.6. The fourth-order valence-electron chi connectivity index (χ4n) is 8.92. The molecule has 274 valence electrons. The SMILES string of the molecule is CC1(C)c2cc(-c3nc(-c4ccc5c(c4)oc4ccccc45)nc(-c4ccc5c(c4)oc4ccccc45)n3)ccc2-c2c(-c3ccccc3)sc(-c3ccccc3)c21. The number of hydrogen-bond donors (Lipinski definition) is 0. The van der Waals surface area contributed by atoms with Crippen molar-refractivity contribution in [1.82, 2.24) is 15.0 Å². The second kappa shape index (κ2) is 12.4. The number of furan rings is 2. The van der Waals surface area contributed by atoms with Gasteiger partial charge in [-0.1, -0.05) is 135 Å². The van der Waals surface area contributed by atoms with E-state index >= 15 is 0 Å². The zero-order chi connectivity index (χ0) is 38.5. The molecular formula is C52H33N3O2S. The molecule has 0 spiro atoms. The average molecular weight is 764 g/mol. The standard InChI is InChI=1S/C52H33N3O2S/c1-52(2)40-27-32(23-26-39(40)45-46(52)48(31-15-7-4-8-16-31)58-47(45)30-13-5-3-6-14-30)49-53-50(33-21-24-37-35-17-9-11-19-41(35)56-43(37)28-33)55-51(54-49)34-22-25-38-36-18-10-12-20-42(36)57-44(38)29-34/h3-29H,1-2H3. The Hall–Kier alpha value is -7.15. The molecule has 0 unspecified atom stereocenters. The zero-order valence-electron chi connectivity index (χ0n) is 31.7. The van der Waals surface area contributed by atoms with Gasteiger partial charge in [-0.3, -0.25) is 0 Å². The van der Waals surface area contributed by atoms with Crippen molar-refractivity contribution in [3.8, 4) is 66.2 Å². The van der Waals surface area contributed by atoms with E-state index in [0.29, 0.717) is 17.5 Å². The molecule has 0 aliphatic heterocycles. The van der Waals surface area contributed by atoms with Gasteiger partial charge in [0, 0.05) is 59.0 Å². The highest BCUT2D eigenvalue weighted by molar-refractivity contribution is 7.19. The van der Waals surface area contributed by atoms with Crippen LogP contribution in [0.4, 0.5) is 0 Å². The molecule has 0 N–H and O–H groups in total. The third-order valence-corrected chi connectivity index (χ3v) is 13.0. The minimum absolute atomic E-state index is 0.285. The molecule has 12 rings (SSSR count). The first-order chi connectivity index (χ1) is 28.5. The van der Waals surface area contributed by atoms with Gasteiger partial charge >= 0.3 is 0 Å². The van der Waals surface area contributed by atoms with Crippen LogP contribution < -0.4 is 0 Å². The Morgan fingerprint density at radius 1 is 0.414 bits per heavy atom. The van der Waals surface area contributed by atoms with Gasteiger partial charge in [-0.05, 0) is 70.3 Å². The predicted octanol–water partition coefficient (Wildman–Crippen LogP) is 14.4. The van der Waals surface area contributed by atoms with Crippen molar-refractivity contribution in [2.75, 3.05) is 0 Å². The summed E-state index contributed by atoms with van der Waals surface area (Å²) in [7, 11) is 0. The van der Waals surface area contributed by atoms with Gasteiger partial charge in [0.1, 0.15) is 22.3 Å². The lowest BCUT2D eigenvalue weighted by atomic mass is 9.81. The van der Waals surface area contributed by atoms with Gasteiger partial charge in [0.25, 0.3) is 0 Å². The van der Waals surface area contributed by atoms with E-state index in [1.54, 1.807) is 0 Å². The molecule has 6 heteroatoms. The summed E-state index contributed by atoms with van der Waals surface area (Å²) in [5.74, 6) is 1.75. The van der Waals surface area contributed by atoms with Crippen LogP contribution in [0.5, 0.6) is 0 Å². The lowest BCUT2D eigenvalue weighted by molar-refractivity contribution is 0.664. The van der Waals surface area contributed by atoms with Crippen LogP contribution in [0.15, 0.2) is 173 Å². The van der Waals surface area contributed by atoms with Gasteiger partial charge in [0.2, 0.25) is 0 Å². The highest BCUT2D eigenvalue weighted by Gasteiger charge is 2.41. The quantitative estimate of drug-likeness (QED) is 0.175. The molecule has 5 nitrogen and oxygen atoms in total. The topological polar surface area (TPSA) is 65.0 Å². The molecule has 7 aromatic carbocycles. The Morgan fingerprint density at radius 3 is 1.41 bits per heavy atom. The smallest absolute Gasteiger partial charge is 0.164 e. The number of rotatable bonds is 5. The lowest BCUT2D eigenvalue weighted by Gasteiger charge is -2.23. The first kappa shape index (κ1) is 33.0. The fourth-order valence-corrected chi connectivity index (χ4v) is 10.4. The Bertz CT molecular complexity index is 3300. The third kappa shape index (κ3) is 4.98. The van der Waals surface area contributed by atoms with E-state index in [1.807, 2.05) is 59.9 Å². The molecule has 0 saturated heterocycles. The van der Waals surface area contributed by atoms with Gasteiger partial charge in [0.15, 0.2) is 17.5 Å². The summed E-state index contributed by atoms with van der Waals surface area (Å²) >= 11 is 1.89. The van der Waals surface area contributed by atoms with E-state index in [4.69, 9.17) is 23.8 Å². The number of nitrogens with zero attached hydrogens (tertiary/aromatic N) is 3. The normalized spacial score (nSPS) is 13.1. The molecule has 4 aromatic heterocycles. The van der Waals surface area contributed by atoms with Gasteiger partial charge in [-0.2, -0.15) is 0 Å². The molecule has 0 bridgehead atoms. The van der Waals surface area contributed by atoms with E-state index in [1.165, 1.54) is 43.1 Å². The van der Waals surface area contributed by atoms with Crippen LogP contribution in [0.25, 0.3) is 110 Å². The van der Waals surface area contributed by atoms with Crippen LogP contribution in [-0.4, -0.2) is 15.0 Å². The van der Waals surface area contributed by atoms with Crippen LogP contribution in [0.2, 0.25) is 0 Å². The molecule has 1 aliphatic carbocycles. The van der Waals surface area contributed by atoms with E-state index in [-0.39, 0.29) is 5.41 Å². The average Bonchev–Trinajstić information content (AvgIpc) is 4.02. The van der Waals surface area contributed by atoms with Crippen LogP contribution in [0.1, 0.15) is 25.0 Å². The predicted molar refractivity (Wildman–Crippen MR) is 237 cm³/mol. The van der Waals surface area contributed by atoms with Crippen molar-refractivity contribution in [3.63, 3.8) is 0 Å². The molecule has 0 atom stereocenters. The van der Waals surface area contributed by atoms with Crippen molar-refractivity contribution in [2.45, 2.75) is 19.3 Å². The molecule has 0 amide bonds. The van der Waals surface area contributed by atoms with Gasteiger partial charge in [-0.15, -0.1) is 11.3 Å². The Morgan fingerprint density at radius 2 is 0.862 bits per heavy atom. The largest absolute Gasteiger partial charge is 0.456 e. The second-order valence-corrected chi connectivity index (χ2v) is 16.6. The number of hydrogen-bond acceptors (Lipinski definition) is 6. The van der Waals surface area contributed by atoms with E-state index in [0.717, 1.165) is 60.6 Å². The van der Waals surface area contributed by atoms with E-state index < -0.39 is 0 Å². The molecule has 1 aliphatic rings. The maximum Gasteiger partial charge on any atom is 0.164 e. The lowest BCUT2D eigenvalue weighted by Crippen LogP contribution is -2.15. The summed E-state index contributed by atoms with van der Waals surface area (Å²) < 4.78 is 12.6. The Balaban J connectivity index is 1.05. The first-order valence-corrected chi connectivity index (χ1v) is 20.3. The van der Waals surface area contributed by atoms with Crippen molar-refractivity contribution in [2.24, 2.45) is 0 Å². The number of thiophene rings is 1. The van der Waals surface area contributed by atoms with Crippen molar-refractivity contribution < 1.29 is 8.83 Å². The Labute approximate surface area is 337 Å². The van der Waals surface area contributed by atoms with E-state index in [9.17, 15) is 0 Å². The summed E-state index contributed by atoms with van der Waals surface area (Å²) in [6.07, 6.45) is 0. The van der Waals surface area contributed by atoms with Crippen molar-refractivity contribution >= 4 is 55.2 Å². The highest BCUT2D eigenvalue weighted by Crippen LogP contribution is 2.59. The monoisotopic (exact) mass is 763 g/mol. The molecular weight excluding hydrogens is 731 g/mol. The maximum absolute atomic E-state index is 6.32. The van der Waals surface area contributed by atoms with E-state index in [2.05, 4.69) is 129 Å². The van der Waals surface area contributed by atoms with Crippen LogP contribution >= 0.6 is 11.3 Å². The van der Waals surface area contributed by atoms with Crippen LogP contribution in [-0.2, 0) is 5.41 Å². The van der Waals surface area contributed by atoms with Crippen LogP contribution in [0, 0.1) is 0 Å². The number of benzene rings is 7. The summed E-state index contributed by atoms with van der Waals surface area (Å²) in [5, 5.41) is 4.28. The summed E-state index contributed by atoms with van der Waals surface area (Å²) in [6.45, 7) is 4.70. The number of fused-ring (bicyclic) bond motifs is 9. The number of para-hydroxylation sites is 2. The van der Waals surface area contributed by atoms with Gasteiger partial charge in [-0.25, -0.2) is 15.0 Å². The molecule has 0 saturated carbocycles. The summed E-state index contributed by atoms with van der Waals surface area (Å²) in [6, 6.07) is 57.0. The van der Waals surface area contributed by atoms with Crippen LogP contribution in [0.3, 0.4) is 0 Å². The fraction of sp³-hybridized carbons (Fsp3) is 0.0577. The molecule has 58 heavy (non-hydrogen) atoms. The maximum atomic E-state index is 6.32. The zero-order valence-corrected chi connectivity index (χ0v) is 32.5. The molecule has 0 radical (unpaired) electrons. The third-order valence-electron chi connectivity index (χ3n) is 11.7. The molecule has 11 aromatic rings. The van der Waals surface area contributed by atoms with Crippen molar-refractivity contribution in [3.05, 3.63) is 175 Å². The molecule has 0 fully saturated rings. The minimum atomic E-state index is -0.285. The van der Waals surface area contributed by atoms with Gasteiger partial charge in [0.05, 0.1) is 0 Å². The minimum Gasteiger partial charge on any atom is -0.456 e. The Kier molecular flexibility index (Phi) is 7.08. The van der Waals surface area contributed by atoms with Gasteiger partial charge < -0.3 is 8.83 Å². The number of aromatic nitrogens is 3. The summed E-state index contributed by atoms with van der Waals surface area (Å²) in [4.78, 5) is 18.2. The van der Waals surface area contributed by atoms with Crippen molar-refractivity contribution in [1.29, 1.82) is 0 Å². The molecule has 4 heterocycles. The highest BCUT2D eigenvalue weighted by atomic mass is 32.1. The summed E-state index contributed by atoms with van der Waals surface area (Å²) in [5.41, 5.74) is 13.3. The first-order valence-electron chi connectivity index (χ1n) is 19.5.